The van der Waals surface area contributed by atoms with Gasteiger partial charge in [-0.15, -0.1) is 0 Å². The molecule has 1 saturated heterocycles. The number of carbonyl (C=O) groups is 3. The van der Waals surface area contributed by atoms with Gasteiger partial charge in [0.05, 0.1) is 5.52 Å². The van der Waals surface area contributed by atoms with Crippen molar-refractivity contribution in [1.29, 1.82) is 0 Å². The Morgan fingerprint density at radius 3 is 2.56 bits per heavy atom. The molecule has 4 rings (SSSR count). The number of pyridine rings is 1. The summed E-state index contributed by atoms with van der Waals surface area (Å²) in [7, 11) is 0. The molecule has 7 nitrogen and oxygen atoms in total. The van der Waals surface area contributed by atoms with Crippen LogP contribution in [0.15, 0.2) is 48.2 Å². The molecule has 2 aliphatic rings. The number of rotatable bonds is 2. The number of ether oxygens (including phenoxy) is 1. The van der Waals surface area contributed by atoms with Crippen molar-refractivity contribution in [2.45, 2.75) is 25.4 Å². The van der Waals surface area contributed by atoms with Crippen LogP contribution >= 0.6 is 0 Å². The fraction of sp³-hybridized carbons (Fsp3) is 0.222. The zero-order valence-electron chi connectivity index (χ0n) is 13.4. The molecule has 1 fully saturated rings. The molecule has 1 atom stereocenters. The smallest absolute Gasteiger partial charge is 0.252 e. The predicted octanol–water partition coefficient (Wildman–Crippen LogP) is 1.93. The molecule has 1 aromatic carbocycles. The Labute approximate surface area is 142 Å². The van der Waals surface area contributed by atoms with Gasteiger partial charge in [0.15, 0.2) is 0 Å². The molecule has 2 aromatic rings. The van der Waals surface area contributed by atoms with Crippen LogP contribution in [0.5, 0.6) is 0 Å². The lowest BCUT2D eigenvalue weighted by atomic mass is 9.92. The van der Waals surface area contributed by atoms with Crippen LogP contribution in [0.1, 0.15) is 25.3 Å². The van der Waals surface area contributed by atoms with Crippen LogP contribution in [0, 0.1) is 0 Å². The number of likely N-dealkylation sites (tertiary alicyclic amines) is 1. The number of hydrogen-bond acceptors (Lipinski definition) is 6. The molecule has 3 heterocycles. The van der Waals surface area contributed by atoms with Gasteiger partial charge in [-0.25, -0.2) is 4.90 Å². The van der Waals surface area contributed by atoms with Gasteiger partial charge in [0.2, 0.25) is 23.2 Å². The highest BCUT2D eigenvalue weighted by Gasteiger charge is 2.52. The number of ketones is 1. The number of fused-ring (bicyclic) bond motifs is 1. The molecule has 7 heteroatoms. The van der Waals surface area contributed by atoms with Crippen molar-refractivity contribution < 1.29 is 24.2 Å². The number of amides is 2. The van der Waals surface area contributed by atoms with Crippen LogP contribution in [0.4, 0.5) is 0 Å². The Morgan fingerprint density at radius 2 is 1.84 bits per heavy atom. The second kappa shape index (κ2) is 5.14. The Morgan fingerprint density at radius 1 is 1.16 bits per heavy atom. The van der Waals surface area contributed by atoms with Gasteiger partial charge in [-0.3, -0.25) is 19.4 Å². The Kier molecular flexibility index (Phi) is 3.15. The minimum absolute atomic E-state index is 0.0292. The molecule has 1 unspecified atom stereocenters. The number of aliphatic hydroxyl groups is 1. The zero-order valence-corrected chi connectivity index (χ0v) is 13.4. The van der Waals surface area contributed by atoms with Crippen LogP contribution in [0.2, 0.25) is 0 Å². The van der Waals surface area contributed by atoms with Gasteiger partial charge in [0.1, 0.15) is 0 Å². The summed E-state index contributed by atoms with van der Waals surface area (Å²) in [5, 5.41) is 11.0. The lowest BCUT2D eigenvalue weighted by molar-refractivity contribution is -0.144. The van der Waals surface area contributed by atoms with Crippen molar-refractivity contribution in [3.8, 4) is 0 Å². The Balaban J connectivity index is 1.77. The second-order valence-corrected chi connectivity index (χ2v) is 6.16. The fourth-order valence-electron chi connectivity index (χ4n) is 3.09. The van der Waals surface area contributed by atoms with E-state index in [4.69, 9.17) is 4.74 Å². The third-order valence-electron chi connectivity index (χ3n) is 4.55. The monoisotopic (exact) mass is 338 g/mol. The summed E-state index contributed by atoms with van der Waals surface area (Å²) in [5.41, 5.74) is -0.376. The van der Waals surface area contributed by atoms with E-state index in [0.717, 1.165) is 15.8 Å². The molecule has 0 radical (unpaired) electrons. The number of para-hydroxylation sites is 1. The maximum atomic E-state index is 12.6. The van der Waals surface area contributed by atoms with E-state index in [9.17, 15) is 19.5 Å². The van der Waals surface area contributed by atoms with E-state index >= 15 is 0 Å². The first-order valence-electron chi connectivity index (χ1n) is 7.80. The first-order chi connectivity index (χ1) is 11.9. The van der Waals surface area contributed by atoms with Crippen molar-refractivity contribution in [2.24, 2.45) is 0 Å². The summed E-state index contributed by atoms with van der Waals surface area (Å²) < 4.78 is 5.66. The summed E-state index contributed by atoms with van der Waals surface area (Å²) in [6.45, 7) is 1.48. The average molecular weight is 338 g/mol. The summed E-state index contributed by atoms with van der Waals surface area (Å²) in [6.07, 6.45) is 1.55. The first kappa shape index (κ1) is 15.3. The number of aromatic nitrogens is 1. The number of carbonyl (C=O) groups excluding carboxylic acids is 3. The molecular formula is C18H14N2O5. The highest BCUT2D eigenvalue weighted by molar-refractivity contribution is 6.08. The predicted molar refractivity (Wildman–Crippen MR) is 85.9 cm³/mol. The van der Waals surface area contributed by atoms with Crippen molar-refractivity contribution >= 4 is 28.5 Å². The van der Waals surface area contributed by atoms with Crippen LogP contribution < -0.4 is 0 Å². The van der Waals surface area contributed by atoms with Gasteiger partial charge >= 0.3 is 0 Å². The summed E-state index contributed by atoms with van der Waals surface area (Å²) >= 11 is 0. The molecule has 2 aliphatic heterocycles. The van der Waals surface area contributed by atoms with E-state index in [1.54, 1.807) is 6.07 Å². The van der Waals surface area contributed by atoms with Crippen LogP contribution in [-0.4, -0.2) is 32.6 Å². The molecule has 1 aromatic heterocycles. The van der Waals surface area contributed by atoms with Crippen LogP contribution in [-0.2, 0) is 24.7 Å². The van der Waals surface area contributed by atoms with Crippen molar-refractivity contribution in [2.75, 3.05) is 0 Å². The van der Waals surface area contributed by atoms with Crippen LogP contribution in [0.25, 0.3) is 10.9 Å². The third kappa shape index (κ3) is 2.12. The molecule has 1 N–H and O–H groups in total. The van der Waals surface area contributed by atoms with Gasteiger partial charge in [-0.2, -0.15) is 0 Å². The lowest BCUT2D eigenvalue weighted by Gasteiger charge is -2.25. The van der Waals surface area contributed by atoms with Crippen molar-refractivity contribution in [1.82, 2.24) is 9.88 Å². The van der Waals surface area contributed by atoms with Gasteiger partial charge in [0, 0.05) is 30.0 Å². The fourth-order valence-corrected chi connectivity index (χ4v) is 3.09. The SMILES string of the molecule is CC1(c2cnc3ccccc3c2)OC(N2C(=O)CCC2=O)=C(O)C1=O. The van der Waals surface area contributed by atoms with Crippen molar-refractivity contribution in [3.63, 3.8) is 0 Å². The largest absolute Gasteiger partial charge is 0.501 e. The molecule has 0 spiro atoms. The van der Waals surface area contributed by atoms with Gasteiger partial charge in [-0.05, 0) is 19.1 Å². The molecule has 126 valence electrons. The molecule has 2 amide bonds. The topological polar surface area (TPSA) is 96.8 Å². The number of Topliss-reactive ketones (excluding diaryl/α,β-unsaturated/α-hetero) is 1. The first-order valence-corrected chi connectivity index (χ1v) is 7.80. The van der Waals surface area contributed by atoms with Crippen molar-refractivity contribution in [3.05, 3.63) is 53.7 Å². The summed E-state index contributed by atoms with van der Waals surface area (Å²) in [4.78, 5) is 41.5. The van der Waals surface area contributed by atoms with Gasteiger partial charge < -0.3 is 9.84 Å². The van der Waals surface area contributed by atoms with E-state index in [-0.39, 0.29) is 12.8 Å². The quantitative estimate of drug-likeness (QED) is 0.841. The summed E-state index contributed by atoms with van der Waals surface area (Å²) in [5.74, 6) is -2.83. The maximum Gasteiger partial charge on any atom is 0.252 e. The average Bonchev–Trinajstić information content (AvgIpc) is 3.06. The van der Waals surface area contributed by atoms with E-state index in [0.29, 0.717) is 5.56 Å². The lowest BCUT2D eigenvalue weighted by Crippen LogP contribution is -2.33. The second-order valence-electron chi connectivity index (χ2n) is 6.16. The molecule has 25 heavy (non-hydrogen) atoms. The zero-order chi connectivity index (χ0) is 17.8. The molecule has 0 saturated carbocycles. The van der Waals surface area contributed by atoms with Gasteiger partial charge in [0.25, 0.3) is 11.7 Å². The normalized spacial score (nSPS) is 23.7. The standard InChI is InChI=1S/C18H14N2O5/c1-18(11-8-10-4-2-3-5-12(10)19-9-11)16(24)15(23)17(25-18)20-13(21)6-7-14(20)22/h2-5,8-9,23H,6-7H2,1H3. The minimum Gasteiger partial charge on any atom is -0.501 e. The van der Waals surface area contributed by atoms with E-state index < -0.39 is 34.8 Å². The maximum absolute atomic E-state index is 12.6. The number of imide groups is 1. The van der Waals surface area contributed by atoms with E-state index in [1.807, 2.05) is 24.3 Å². The number of benzene rings is 1. The minimum atomic E-state index is -1.56. The number of nitrogens with zero attached hydrogens (tertiary/aromatic N) is 2. The Hall–Kier alpha value is -3.22. The van der Waals surface area contributed by atoms with E-state index in [1.165, 1.54) is 13.1 Å². The highest BCUT2D eigenvalue weighted by atomic mass is 16.5. The molecule has 0 bridgehead atoms. The number of aliphatic hydroxyl groups excluding tert-OH is 1. The summed E-state index contributed by atoms with van der Waals surface area (Å²) in [6, 6.07) is 9.11. The molecule has 0 aliphatic carbocycles. The number of hydrogen-bond donors (Lipinski definition) is 1. The third-order valence-corrected chi connectivity index (χ3v) is 4.55. The van der Waals surface area contributed by atoms with Gasteiger partial charge in [-0.1, -0.05) is 18.2 Å². The highest BCUT2D eigenvalue weighted by Crippen LogP contribution is 2.40. The Bertz CT molecular complexity index is 964. The van der Waals surface area contributed by atoms with Crippen LogP contribution in [0.3, 0.4) is 0 Å². The van der Waals surface area contributed by atoms with E-state index in [2.05, 4.69) is 4.98 Å². The molecular weight excluding hydrogens is 324 g/mol.